The first-order valence-corrected chi connectivity index (χ1v) is 5.17. The van der Waals surface area contributed by atoms with Crippen LogP contribution in [0.1, 0.15) is 24.4 Å². The largest absolute Gasteiger partial charge is 0.360 e. The maximum absolute atomic E-state index is 8.79. The number of hydrogen-bond donors (Lipinski definition) is 1. The van der Waals surface area contributed by atoms with Crippen LogP contribution in [0, 0.1) is 11.3 Å². The van der Waals surface area contributed by atoms with Gasteiger partial charge in [-0.15, -0.1) is 10.2 Å². The van der Waals surface area contributed by atoms with Gasteiger partial charge in [0.25, 0.3) is 0 Å². The molecule has 0 aliphatic carbocycles. The lowest BCUT2D eigenvalue weighted by atomic mass is 10.2. The molecule has 0 amide bonds. The van der Waals surface area contributed by atoms with Gasteiger partial charge in [0, 0.05) is 13.2 Å². The second kappa shape index (κ2) is 4.61. The second-order valence-electron chi connectivity index (χ2n) is 3.71. The second-order valence-corrected chi connectivity index (χ2v) is 3.71. The number of pyridine rings is 1. The van der Waals surface area contributed by atoms with Crippen LogP contribution in [-0.4, -0.2) is 19.7 Å². The Hall–Kier alpha value is -2.42. The van der Waals surface area contributed by atoms with E-state index in [4.69, 9.17) is 5.26 Å². The van der Waals surface area contributed by atoms with Gasteiger partial charge in [-0.1, -0.05) is 0 Å². The molecule has 0 aliphatic rings. The highest BCUT2D eigenvalue weighted by atomic mass is 15.3. The summed E-state index contributed by atoms with van der Waals surface area (Å²) >= 11 is 0. The lowest BCUT2D eigenvalue weighted by molar-refractivity contribution is 0.716. The molecule has 2 aromatic heterocycles. The SMILES string of the molecule is CC(Nc1cc(C#N)ccn1)c1nncn1C. The Bertz CT molecular complexity index is 553. The van der Waals surface area contributed by atoms with Crippen LogP contribution in [0.4, 0.5) is 5.82 Å². The highest BCUT2D eigenvalue weighted by Gasteiger charge is 2.11. The lowest BCUT2D eigenvalue weighted by Crippen LogP contribution is -2.12. The quantitative estimate of drug-likeness (QED) is 0.855. The molecule has 17 heavy (non-hydrogen) atoms. The topological polar surface area (TPSA) is 79.4 Å². The molecule has 1 unspecified atom stereocenters. The summed E-state index contributed by atoms with van der Waals surface area (Å²) in [5.74, 6) is 1.47. The molecule has 6 nitrogen and oxygen atoms in total. The average molecular weight is 228 g/mol. The zero-order chi connectivity index (χ0) is 12.3. The van der Waals surface area contributed by atoms with Crippen LogP contribution in [0.25, 0.3) is 0 Å². The molecule has 0 saturated heterocycles. The van der Waals surface area contributed by atoms with Crippen molar-refractivity contribution in [1.82, 2.24) is 19.7 Å². The van der Waals surface area contributed by atoms with Crippen LogP contribution in [0.5, 0.6) is 0 Å². The van der Waals surface area contributed by atoms with Crippen molar-refractivity contribution in [3.05, 3.63) is 36.0 Å². The first-order chi connectivity index (χ1) is 8.20. The number of rotatable bonds is 3. The number of anilines is 1. The van der Waals surface area contributed by atoms with Crippen molar-refractivity contribution in [2.45, 2.75) is 13.0 Å². The Morgan fingerprint density at radius 3 is 3.00 bits per heavy atom. The zero-order valence-corrected chi connectivity index (χ0v) is 9.62. The molecule has 86 valence electrons. The van der Waals surface area contributed by atoms with Gasteiger partial charge in [0.15, 0.2) is 5.82 Å². The molecule has 2 rings (SSSR count). The fourth-order valence-electron chi connectivity index (χ4n) is 1.55. The van der Waals surface area contributed by atoms with Crippen molar-refractivity contribution >= 4 is 5.82 Å². The Kier molecular flexibility index (Phi) is 3.01. The van der Waals surface area contributed by atoms with Crippen LogP contribution < -0.4 is 5.32 Å². The maximum atomic E-state index is 8.79. The molecule has 0 aromatic carbocycles. The summed E-state index contributed by atoms with van der Waals surface area (Å²) in [4.78, 5) is 4.15. The van der Waals surface area contributed by atoms with Crippen LogP contribution in [0.15, 0.2) is 24.7 Å². The van der Waals surface area contributed by atoms with Crippen LogP contribution >= 0.6 is 0 Å². The van der Waals surface area contributed by atoms with Crippen LogP contribution in [0.3, 0.4) is 0 Å². The third-order valence-electron chi connectivity index (χ3n) is 2.39. The normalized spacial score (nSPS) is 11.8. The first-order valence-electron chi connectivity index (χ1n) is 5.17. The van der Waals surface area contributed by atoms with E-state index < -0.39 is 0 Å². The molecule has 0 radical (unpaired) electrons. The molecule has 0 fully saturated rings. The maximum Gasteiger partial charge on any atom is 0.154 e. The molecule has 6 heteroatoms. The van der Waals surface area contributed by atoms with E-state index in [9.17, 15) is 0 Å². The highest BCUT2D eigenvalue weighted by molar-refractivity contribution is 5.43. The Morgan fingerprint density at radius 1 is 1.53 bits per heavy atom. The van der Waals surface area contributed by atoms with Crippen LogP contribution in [0.2, 0.25) is 0 Å². The molecule has 1 atom stereocenters. The van der Waals surface area contributed by atoms with Crippen molar-refractivity contribution in [1.29, 1.82) is 5.26 Å². The minimum absolute atomic E-state index is 0.0241. The fourth-order valence-corrected chi connectivity index (χ4v) is 1.55. The van der Waals surface area contributed by atoms with Gasteiger partial charge in [0.05, 0.1) is 17.7 Å². The number of aryl methyl sites for hydroxylation is 1. The average Bonchev–Trinajstić information content (AvgIpc) is 2.76. The van der Waals surface area contributed by atoms with E-state index >= 15 is 0 Å². The minimum Gasteiger partial charge on any atom is -0.360 e. The van der Waals surface area contributed by atoms with Gasteiger partial charge in [-0.2, -0.15) is 5.26 Å². The van der Waals surface area contributed by atoms with E-state index in [2.05, 4.69) is 26.6 Å². The summed E-state index contributed by atoms with van der Waals surface area (Å²) in [5, 5.41) is 19.8. The van der Waals surface area contributed by atoms with Gasteiger partial charge < -0.3 is 9.88 Å². The molecule has 0 saturated carbocycles. The Morgan fingerprint density at radius 2 is 2.35 bits per heavy atom. The van der Waals surface area contributed by atoms with E-state index in [0.29, 0.717) is 11.4 Å². The zero-order valence-electron chi connectivity index (χ0n) is 9.62. The van der Waals surface area contributed by atoms with E-state index in [-0.39, 0.29) is 6.04 Å². The summed E-state index contributed by atoms with van der Waals surface area (Å²) in [6.07, 6.45) is 3.25. The number of aromatic nitrogens is 4. The number of nitrogens with zero attached hydrogens (tertiary/aromatic N) is 5. The summed E-state index contributed by atoms with van der Waals surface area (Å²) in [6, 6.07) is 5.42. The molecular formula is C11H12N6. The molecular weight excluding hydrogens is 216 g/mol. The van der Waals surface area contributed by atoms with Crippen molar-refractivity contribution < 1.29 is 0 Å². The molecule has 2 aromatic rings. The predicted octanol–water partition coefficient (Wildman–Crippen LogP) is 1.25. The number of nitrogens with one attached hydrogen (secondary N) is 1. The smallest absolute Gasteiger partial charge is 0.154 e. The van der Waals surface area contributed by atoms with E-state index in [0.717, 1.165) is 5.82 Å². The van der Waals surface area contributed by atoms with Gasteiger partial charge in [-0.25, -0.2) is 4.98 Å². The molecule has 0 spiro atoms. The van der Waals surface area contributed by atoms with Crippen molar-refractivity contribution in [3.8, 4) is 6.07 Å². The van der Waals surface area contributed by atoms with E-state index in [1.165, 1.54) is 0 Å². The third-order valence-corrected chi connectivity index (χ3v) is 2.39. The standard InChI is InChI=1S/C11H12N6/c1-8(11-16-14-7-17(11)2)15-10-5-9(6-12)3-4-13-10/h3-5,7-8H,1-2H3,(H,13,15). The fraction of sp³-hybridized carbons (Fsp3) is 0.273. The number of nitriles is 1. The van der Waals surface area contributed by atoms with Crippen LogP contribution in [-0.2, 0) is 7.05 Å². The van der Waals surface area contributed by atoms with Gasteiger partial charge in [0.2, 0.25) is 0 Å². The Labute approximate surface area is 98.9 Å². The minimum atomic E-state index is -0.0241. The molecule has 1 N–H and O–H groups in total. The summed E-state index contributed by atoms with van der Waals surface area (Å²) < 4.78 is 1.84. The number of hydrogen-bond acceptors (Lipinski definition) is 5. The predicted molar refractivity (Wildman–Crippen MR) is 62.0 cm³/mol. The summed E-state index contributed by atoms with van der Waals surface area (Å²) in [7, 11) is 1.88. The third kappa shape index (κ3) is 2.39. The van der Waals surface area contributed by atoms with E-state index in [1.807, 2.05) is 18.5 Å². The highest BCUT2D eigenvalue weighted by Crippen LogP contribution is 2.15. The van der Waals surface area contributed by atoms with Gasteiger partial charge in [-0.3, -0.25) is 0 Å². The molecule has 2 heterocycles. The van der Waals surface area contributed by atoms with Crippen molar-refractivity contribution in [2.24, 2.45) is 7.05 Å². The summed E-state index contributed by atoms with van der Waals surface area (Å²) in [6.45, 7) is 1.96. The lowest BCUT2D eigenvalue weighted by Gasteiger charge is -2.13. The van der Waals surface area contributed by atoms with Gasteiger partial charge in [0.1, 0.15) is 12.1 Å². The van der Waals surface area contributed by atoms with Gasteiger partial charge in [-0.05, 0) is 19.1 Å². The van der Waals surface area contributed by atoms with Crippen molar-refractivity contribution in [2.75, 3.05) is 5.32 Å². The van der Waals surface area contributed by atoms with Crippen molar-refractivity contribution in [3.63, 3.8) is 0 Å². The monoisotopic (exact) mass is 228 g/mol. The van der Waals surface area contributed by atoms with Gasteiger partial charge >= 0.3 is 0 Å². The first kappa shape index (κ1) is 11.1. The Balaban J connectivity index is 2.16. The molecule has 0 aliphatic heterocycles. The summed E-state index contributed by atoms with van der Waals surface area (Å²) in [5.41, 5.74) is 0.577. The molecule has 0 bridgehead atoms. The van der Waals surface area contributed by atoms with E-state index in [1.54, 1.807) is 24.7 Å².